The molecular weight excluding hydrogens is 171 g/mol. The van der Waals surface area contributed by atoms with Crippen molar-refractivity contribution in [3.8, 4) is 0 Å². The van der Waals surface area contributed by atoms with Gasteiger partial charge in [-0.15, -0.1) is 0 Å². The van der Waals surface area contributed by atoms with Crippen LogP contribution in [0.5, 0.6) is 0 Å². The Kier molecular flexibility index (Phi) is 7.22. The first kappa shape index (κ1) is 13.2. The van der Waals surface area contributed by atoms with Gasteiger partial charge in [0.2, 0.25) is 0 Å². The molecule has 0 aromatic carbocycles. The van der Waals surface area contributed by atoms with Gasteiger partial charge >= 0.3 is 0 Å². The summed E-state index contributed by atoms with van der Waals surface area (Å²) in [5.41, 5.74) is 1.11. The molecule has 76 valence electrons. The van der Waals surface area contributed by atoms with E-state index in [9.17, 15) is 0 Å². The van der Waals surface area contributed by atoms with Crippen LogP contribution in [0.4, 0.5) is 0 Å². The molecule has 0 aliphatic rings. The van der Waals surface area contributed by atoms with Crippen molar-refractivity contribution in [1.29, 1.82) is 0 Å². The normalized spacial score (nSPS) is 15.0. The minimum atomic E-state index is -0.182. The molecule has 14 heavy (non-hydrogen) atoms. The Morgan fingerprint density at radius 1 is 1.50 bits per heavy atom. The molecule has 0 unspecified atom stereocenters. The third-order valence-electron chi connectivity index (χ3n) is 1.76. The lowest BCUT2D eigenvalue weighted by molar-refractivity contribution is 0.289. The summed E-state index contributed by atoms with van der Waals surface area (Å²) in [6, 6.07) is 0. The van der Waals surface area contributed by atoms with Crippen LogP contribution in [-0.2, 0) is 0 Å². The molecule has 1 nitrogen and oxygen atoms in total. The zero-order valence-corrected chi connectivity index (χ0v) is 9.11. The predicted molar refractivity (Wildman–Crippen MR) is 63.5 cm³/mol. The van der Waals surface area contributed by atoms with Crippen LogP contribution in [0.2, 0.25) is 5.82 Å². The van der Waals surface area contributed by atoms with Crippen LogP contribution in [-0.4, -0.2) is 19.6 Å². The first-order valence-corrected chi connectivity index (χ1v) is 4.96. The van der Waals surface area contributed by atoms with E-state index in [4.69, 9.17) is 13.0 Å². The van der Waals surface area contributed by atoms with Gasteiger partial charge in [0.05, 0.1) is 7.85 Å². The van der Waals surface area contributed by atoms with Crippen LogP contribution in [0.3, 0.4) is 0 Å². The molecule has 0 heterocycles. The van der Waals surface area contributed by atoms with Crippen LogP contribution >= 0.6 is 0 Å². The maximum absolute atomic E-state index is 8.83. The highest BCUT2D eigenvalue weighted by Crippen LogP contribution is 2.15. The molecule has 0 bridgehead atoms. The summed E-state index contributed by atoms with van der Waals surface area (Å²) < 4.78 is 0. The van der Waals surface area contributed by atoms with Gasteiger partial charge in [0, 0.05) is 6.61 Å². The van der Waals surface area contributed by atoms with Crippen LogP contribution in [0.1, 0.15) is 20.3 Å². The van der Waals surface area contributed by atoms with Crippen molar-refractivity contribution < 1.29 is 5.11 Å². The molecule has 1 N–H and O–H groups in total. The minimum absolute atomic E-state index is 0.0179. The Bertz CT molecular complexity index is 216. The average Bonchev–Trinajstić information content (AvgIpc) is 2.14. The Hall–Kier alpha value is -0.755. The van der Waals surface area contributed by atoms with Gasteiger partial charge in [-0.25, -0.2) is 0 Å². The van der Waals surface area contributed by atoms with Gasteiger partial charge in [0.15, 0.2) is 0 Å². The number of aliphatic hydroxyl groups is 1. The highest BCUT2D eigenvalue weighted by molar-refractivity contribution is 6.11. The molecule has 2 heteroatoms. The summed E-state index contributed by atoms with van der Waals surface area (Å²) in [5, 5.41) is 8.83. The molecular formula is C12H19BO. The third kappa shape index (κ3) is 6.73. The number of hydrogen-bond acceptors (Lipinski definition) is 1. The summed E-state index contributed by atoms with van der Waals surface area (Å²) >= 11 is 0. The molecule has 0 aromatic rings. The second-order valence-corrected chi connectivity index (χ2v) is 3.73. The van der Waals surface area contributed by atoms with E-state index in [1.54, 1.807) is 6.08 Å². The average molecular weight is 190 g/mol. The fourth-order valence-corrected chi connectivity index (χ4v) is 1.03. The smallest absolute Gasteiger partial charge is 0.0735 e. The van der Waals surface area contributed by atoms with Gasteiger partial charge in [-0.1, -0.05) is 50.5 Å². The molecule has 0 amide bonds. The van der Waals surface area contributed by atoms with E-state index in [1.807, 2.05) is 12.2 Å². The molecule has 0 saturated heterocycles. The lowest BCUT2D eigenvalue weighted by Crippen LogP contribution is -1.99. The lowest BCUT2D eigenvalue weighted by atomic mass is 9.82. The van der Waals surface area contributed by atoms with E-state index in [1.165, 1.54) is 0 Å². The zero-order valence-electron chi connectivity index (χ0n) is 9.11. The second kappa shape index (κ2) is 7.63. The fraction of sp³-hybridized carbons (Fsp3) is 0.500. The molecule has 0 rings (SSSR count). The monoisotopic (exact) mass is 190 g/mol. The van der Waals surface area contributed by atoms with Gasteiger partial charge in [-0.2, -0.15) is 0 Å². The number of aliphatic hydroxyl groups excluding tert-OH is 1. The van der Waals surface area contributed by atoms with E-state index in [0.717, 1.165) is 5.57 Å². The Morgan fingerprint density at radius 2 is 2.14 bits per heavy atom. The van der Waals surface area contributed by atoms with Gasteiger partial charge in [0.1, 0.15) is 0 Å². The van der Waals surface area contributed by atoms with Crippen molar-refractivity contribution in [3.05, 3.63) is 36.5 Å². The number of allylic oxidation sites excluding steroid dienone is 5. The van der Waals surface area contributed by atoms with Crippen molar-refractivity contribution in [2.24, 2.45) is 5.92 Å². The molecule has 2 radical (unpaired) electrons. The topological polar surface area (TPSA) is 20.2 Å². The van der Waals surface area contributed by atoms with Crippen LogP contribution in [0.25, 0.3) is 0 Å². The molecule has 0 aliphatic carbocycles. The van der Waals surface area contributed by atoms with Crippen LogP contribution in [0, 0.1) is 5.92 Å². The first-order chi connectivity index (χ1) is 6.60. The summed E-state index contributed by atoms with van der Waals surface area (Å²) in [6.07, 6.45) is 8.51. The third-order valence-corrected chi connectivity index (χ3v) is 1.76. The van der Waals surface area contributed by atoms with Crippen molar-refractivity contribution in [2.75, 3.05) is 6.61 Å². The summed E-state index contributed by atoms with van der Waals surface area (Å²) in [6.45, 7) is 7.90. The standard InChI is InChI=1S/C12H19BO/c1-4-5-11(7-6-10(2)3)8-12(13)9-14/h4-7,10,12,14H,1,8-9H2,2-3H3/b7-6-,11-5+/t12-/m0/s1. The van der Waals surface area contributed by atoms with Crippen molar-refractivity contribution in [1.82, 2.24) is 0 Å². The van der Waals surface area contributed by atoms with E-state index in [-0.39, 0.29) is 12.4 Å². The molecule has 0 aromatic heterocycles. The maximum Gasteiger partial charge on any atom is 0.0735 e. The highest BCUT2D eigenvalue weighted by Gasteiger charge is 2.01. The summed E-state index contributed by atoms with van der Waals surface area (Å²) in [7, 11) is 5.65. The Labute approximate surface area is 88.6 Å². The van der Waals surface area contributed by atoms with Gasteiger partial charge in [-0.05, 0) is 17.9 Å². The van der Waals surface area contributed by atoms with Crippen LogP contribution in [0.15, 0.2) is 36.5 Å². The second-order valence-electron chi connectivity index (χ2n) is 3.73. The molecule has 1 atom stereocenters. The Balaban J connectivity index is 4.31. The van der Waals surface area contributed by atoms with Crippen molar-refractivity contribution >= 4 is 7.85 Å². The number of hydrogen-bond donors (Lipinski definition) is 1. The Morgan fingerprint density at radius 3 is 2.57 bits per heavy atom. The quantitative estimate of drug-likeness (QED) is 0.504. The zero-order chi connectivity index (χ0) is 11.0. The lowest BCUT2D eigenvalue weighted by Gasteiger charge is -2.08. The summed E-state index contributed by atoms with van der Waals surface area (Å²) in [4.78, 5) is 0. The number of rotatable bonds is 6. The fourth-order valence-electron chi connectivity index (χ4n) is 1.03. The SMILES string of the molecule is [B][C@H](CO)CC(/C=C\C(C)C)=C/C=C. The van der Waals surface area contributed by atoms with E-state index < -0.39 is 0 Å². The predicted octanol–water partition coefficient (Wildman–Crippen LogP) is 2.65. The molecule has 0 fully saturated rings. The molecule has 0 aliphatic heterocycles. The maximum atomic E-state index is 8.83. The largest absolute Gasteiger partial charge is 0.397 e. The van der Waals surface area contributed by atoms with Crippen molar-refractivity contribution in [2.45, 2.75) is 26.1 Å². The first-order valence-electron chi connectivity index (χ1n) is 4.96. The van der Waals surface area contributed by atoms with Gasteiger partial charge in [-0.3, -0.25) is 0 Å². The summed E-state index contributed by atoms with van der Waals surface area (Å²) in [5.74, 6) is 0.339. The van der Waals surface area contributed by atoms with E-state index >= 15 is 0 Å². The molecule has 0 spiro atoms. The highest BCUT2D eigenvalue weighted by atomic mass is 16.3. The minimum Gasteiger partial charge on any atom is -0.397 e. The van der Waals surface area contributed by atoms with E-state index in [0.29, 0.717) is 12.3 Å². The van der Waals surface area contributed by atoms with Crippen molar-refractivity contribution in [3.63, 3.8) is 0 Å². The van der Waals surface area contributed by atoms with Gasteiger partial charge < -0.3 is 5.11 Å². The van der Waals surface area contributed by atoms with Gasteiger partial charge in [0.25, 0.3) is 0 Å². The van der Waals surface area contributed by atoms with E-state index in [2.05, 4.69) is 26.5 Å². The molecule has 0 saturated carbocycles. The van der Waals surface area contributed by atoms with Crippen LogP contribution < -0.4 is 0 Å².